The summed E-state index contributed by atoms with van der Waals surface area (Å²) in [5.41, 5.74) is 3.86. The maximum atomic E-state index is 6.52. The van der Waals surface area contributed by atoms with E-state index in [0.717, 1.165) is 80.1 Å². The van der Waals surface area contributed by atoms with Crippen LogP contribution in [-0.2, 0) is 4.74 Å². The van der Waals surface area contributed by atoms with Crippen LogP contribution in [0.25, 0.3) is 11.0 Å². The van der Waals surface area contributed by atoms with Crippen LogP contribution in [0.2, 0.25) is 0 Å². The molecule has 8 heteroatoms. The minimum absolute atomic E-state index is 0.171. The summed E-state index contributed by atoms with van der Waals surface area (Å²) in [6.07, 6.45) is 9.47. The number of pyridine rings is 1. The summed E-state index contributed by atoms with van der Waals surface area (Å²) >= 11 is 0. The molecule has 1 aromatic carbocycles. The van der Waals surface area contributed by atoms with Gasteiger partial charge in [-0.05, 0) is 37.8 Å². The van der Waals surface area contributed by atoms with Crippen LogP contribution in [0, 0.1) is 0 Å². The van der Waals surface area contributed by atoms with Crippen molar-refractivity contribution in [1.29, 1.82) is 0 Å². The molecule has 1 saturated carbocycles. The average Bonchev–Trinajstić information content (AvgIpc) is 2.86. The Morgan fingerprint density at radius 2 is 1.78 bits per heavy atom. The topological polar surface area (TPSA) is 81.6 Å². The van der Waals surface area contributed by atoms with Gasteiger partial charge < -0.3 is 24.4 Å². The molecule has 3 aromatic rings. The quantitative estimate of drug-likeness (QED) is 0.628. The van der Waals surface area contributed by atoms with Crippen molar-refractivity contribution >= 4 is 22.4 Å². The van der Waals surface area contributed by atoms with E-state index in [1.165, 1.54) is 0 Å². The highest BCUT2D eigenvalue weighted by Gasteiger charge is 2.24. The van der Waals surface area contributed by atoms with Gasteiger partial charge in [0.1, 0.15) is 11.3 Å². The first kappa shape index (κ1) is 20.8. The number of fused-ring (bicyclic) bond motifs is 1. The Bertz CT molecular complexity index is 1050. The summed E-state index contributed by atoms with van der Waals surface area (Å²) in [6, 6.07) is 8.55. The molecule has 5 rings (SSSR count). The molecule has 0 radical (unpaired) electrons. The number of anilines is 2. The molecule has 0 spiro atoms. The lowest BCUT2D eigenvalue weighted by Crippen LogP contribution is -2.36. The van der Waals surface area contributed by atoms with Crippen LogP contribution in [0.1, 0.15) is 25.7 Å². The fraction of sp³-hybridized carbons (Fsp3) is 0.458. The molecule has 0 atom stereocenters. The summed E-state index contributed by atoms with van der Waals surface area (Å²) < 4.78 is 17.2. The molecule has 1 aliphatic carbocycles. The monoisotopic (exact) mass is 435 g/mol. The van der Waals surface area contributed by atoms with Crippen molar-refractivity contribution in [1.82, 2.24) is 15.0 Å². The van der Waals surface area contributed by atoms with E-state index in [9.17, 15) is 0 Å². The first-order valence-electron chi connectivity index (χ1n) is 11.3. The van der Waals surface area contributed by atoms with Crippen LogP contribution in [-0.4, -0.2) is 60.5 Å². The second kappa shape index (κ2) is 9.56. The lowest BCUT2D eigenvalue weighted by Gasteiger charge is -2.31. The van der Waals surface area contributed by atoms with Gasteiger partial charge in [-0.2, -0.15) is 0 Å². The summed E-state index contributed by atoms with van der Waals surface area (Å²) in [4.78, 5) is 15.6. The summed E-state index contributed by atoms with van der Waals surface area (Å²) in [6.45, 7) is 3.24. The average molecular weight is 436 g/mol. The maximum absolute atomic E-state index is 6.52. The predicted octanol–water partition coefficient (Wildman–Crippen LogP) is 3.67. The zero-order chi connectivity index (χ0) is 21.8. The Labute approximate surface area is 187 Å². The summed E-state index contributed by atoms with van der Waals surface area (Å²) in [5.74, 6) is 1.45. The number of aromatic nitrogens is 3. The number of nitrogens with one attached hydrogen (secondary N) is 1. The number of nitrogens with zero attached hydrogens (tertiary/aromatic N) is 4. The normalized spacial score (nSPS) is 21.3. The second-order valence-corrected chi connectivity index (χ2v) is 8.29. The highest BCUT2D eigenvalue weighted by Crippen LogP contribution is 2.33. The molecule has 1 saturated heterocycles. The van der Waals surface area contributed by atoms with Crippen molar-refractivity contribution in [2.24, 2.45) is 0 Å². The van der Waals surface area contributed by atoms with Gasteiger partial charge in [0.2, 0.25) is 5.88 Å². The lowest BCUT2D eigenvalue weighted by atomic mass is 9.92. The van der Waals surface area contributed by atoms with Gasteiger partial charge in [-0.3, -0.25) is 4.98 Å². The Hall–Kier alpha value is -3.13. The number of hydrogen-bond donors (Lipinski definition) is 1. The fourth-order valence-corrected chi connectivity index (χ4v) is 4.47. The van der Waals surface area contributed by atoms with Crippen LogP contribution >= 0.6 is 0 Å². The highest BCUT2D eigenvalue weighted by molar-refractivity contribution is 5.85. The minimum atomic E-state index is 0.171. The largest absolute Gasteiger partial charge is 0.488 e. The van der Waals surface area contributed by atoms with E-state index in [-0.39, 0.29) is 6.10 Å². The van der Waals surface area contributed by atoms with E-state index in [1.807, 2.05) is 12.1 Å². The molecule has 2 fully saturated rings. The van der Waals surface area contributed by atoms with Crippen LogP contribution in [0.3, 0.4) is 0 Å². The summed E-state index contributed by atoms with van der Waals surface area (Å²) in [7, 11) is 1.64. The van der Waals surface area contributed by atoms with E-state index in [4.69, 9.17) is 14.2 Å². The lowest BCUT2D eigenvalue weighted by molar-refractivity contribution is 0.122. The van der Waals surface area contributed by atoms with Crippen molar-refractivity contribution in [2.75, 3.05) is 43.6 Å². The first-order chi connectivity index (χ1) is 15.8. The SMILES string of the molecule is COc1cc(NC2CCC(Oc3cc(N4CCOCC4)cc4nccnc34)CC2)ccn1. The molecule has 1 aliphatic heterocycles. The van der Waals surface area contributed by atoms with Gasteiger partial charge >= 0.3 is 0 Å². The molecule has 3 heterocycles. The van der Waals surface area contributed by atoms with Gasteiger partial charge in [0.15, 0.2) is 0 Å². The van der Waals surface area contributed by atoms with Crippen molar-refractivity contribution in [3.63, 3.8) is 0 Å². The molecule has 2 aliphatic rings. The molecule has 0 bridgehead atoms. The molecular weight excluding hydrogens is 406 g/mol. The van der Waals surface area contributed by atoms with Gasteiger partial charge in [-0.15, -0.1) is 0 Å². The Balaban J connectivity index is 1.26. The third-order valence-electron chi connectivity index (χ3n) is 6.18. The zero-order valence-electron chi connectivity index (χ0n) is 18.4. The molecular formula is C24H29N5O3. The van der Waals surface area contributed by atoms with E-state index >= 15 is 0 Å². The van der Waals surface area contributed by atoms with E-state index < -0.39 is 0 Å². The van der Waals surface area contributed by atoms with E-state index in [0.29, 0.717) is 11.9 Å². The van der Waals surface area contributed by atoms with E-state index in [2.05, 4.69) is 37.3 Å². The van der Waals surface area contributed by atoms with Crippen LogP contribution in [0.4, 0.5) is 11.4 Å². The number of methoxy groups -OCH3 is 1. The second-order valence-electron chi connectivity index (χ2n) is 8.29. The van der Waals surface area contributed by atoms with Gasteiger partial charge in [0.05, 0.1) is 31.9 Å². The number of morpholine rings is 1. The Morgan fingerprint density at radius 1 is 0.969 bits per heavy atom. The molecule has 2 aromatic heterocycles. The molecule has 32 heavy (non-hydrogen) atoms. The predicted molar refractivity (Wildman–Crippen MR) is 124 cm³/mol. The van der Waals surface area contributed by atoms with Crippen molar-refractivity contribution < 1.29 is 14.2 Å². The van der Waals surface area contributed by atoms with Crippen molar-refractivity contribution in [3.05, 3.63) is 42.9 Å². The Morgan fingerprint density at radius 3 is 2.59 bits per heavy atom. The molecule has 168 valence electrons. The number of rotatable bonds is 6. The smallest absolute Gasteiger partial charge is 0.214 e. The molecule has 8 nitrogen and oxygen atoms in total. The van der Waals surface area contributed by atoms with E-state index in [1.54, 1.807) is 25.7 Å². The van der Waals surface area contributed by atoms with Crippen LogP contribution in [0.15, 0.2) is 42.9 Å². The number of ether oxygens (including phenoxy) is 3. The maximum Gasteiger partial charge on any atom is 0.214 e. The zero-order valence-corrected chi connectivity index (χ0v) is 18.4. The van der Waals surface area contributed by atoms with Gasteiger partial charge in [0, 0.05) is 61.2 Å². The molecule has 0 amide bonds. The van der Waals surface area contributed by atoms with Gasteiger partial charge in [-0.1, -0.05) is 0 Å². The van der Waals surface area contributed by atoms with Crippen LogP contribution < -0.4 is 19.7 Å². The fourth-order valence-electron chi connectivity index (χ4n) is 4.47. The molecule has 0 unspecified atom stereocenters. The number of hydrogen-bond acceptors (Lipinski definition) is 8. The molecule has 1 N–H and O–H groups in total. The highest BCUT2D eigenvalue weighted by atomic mass is 16.5. The van der Waals surface area contributed by atoms with Crippen molar-refractivity contribution in [3.8, 4) is 11.6 Å². The number of benzene rings is 1. The standard InChI is InChI=1S/C24H29N5O3/c1-30-23-14-18(6-7-26-23)28-17-2-4-20(5-3-17)32-22-16-19(29-10-12-31-13-11-29)15-21-24(22)27-9-8-25-21/h6-9,14-17,20H,2-5,10-13H2,1H3,(H,26,28). The van der Waals surface area contributed by atoms with Crippen LogP contribution in [0.5, 0.6) is 11.6 Å². The minimum Gasteiger partial charge on any atom is -0.488 e. The Kier molecular flexibility index (Phi) is 6.20. The first-order valence-corrected chi connectivity index (χ1v) is 11.3. The van der Waals surface area contributed by atoms with Crippen molar-refractivity contribution in [2.45, 2.75) is 37.8 Å². The third kappa shape index (κ3) is 4.70. The van der Waals surface area contributed by atoms with Gasteiger partial charge in [0.25, 0.3) is 0 Å². The third-order valence-corrected chi connectivity index (χ3v) is 6.18. The van der Waals surface area contributed by atoms with Gasteiger partial charge in [-0.25, -0.2) is 9.97 Å². The summed E-state index contributed by atoms with van der Waals surface area (Å²) in [5, 5.41) is 3.61.